The minimum Gasteiger partial charge on any atom is -0.497 e. The maximum absolute atomic E-state index is 5.19. The Labute approximate surface area is 137 Å². The summed E-state index contributed by atoms with van der Waals surface area (Å²) in [5, 5.41) is 3.35. The first kappa shape index (κ1) is 15.6. The van der Waals surface area contributed by atoms with Crippen molar-refractivity contribution in [1.82, 2.24) is 9.97 Å². The van der Waals surface area contributed by atoms with Crippen LogP contribution in [0, 0.1) is 12.8 Å². The summed E-state index contributed by atoms with van der Waals surface area (Å²) in [6, 6.07) is 9.81. The molecule has 0 amide bonds. The molecule has 1 aromatic heterocycles. The van der Waals surface area contributed by atoms with E-state index < -0.39 is 0 Å². The van der Waals surface area contributed by atoms with Crippen LogP contribution < -0.4 is 15.0 Å². The summed E-state index contributed by atoms with van der Waals surface area (Å²) in [5.41, 5.74) is 1.96. The molecule has 1 aliphatic heterocycles. The Hall–Kier alpha value is -2.30. The summed E-state index contributed by atoms with van der Waals surface area (Å²) in [5.74, 6) is 3.30. The third-order valence-electron chi connectivity index (χ3n) is 4.27. The van der Waals surface area contributed by atoms with Gasteiger partial charge in [0.15, 0.2) is 0 Å². The molecule has 5 nitrogen and oxygen atoms in total. The van der Waals surface area contributed by atoms with E-state index in [2.05, 4.69) is 22.1 Å². The molecular formula is C18H24N4O. The van der Waals surface area contributed by atoms with E-state index in [0.29, 0.717) is 0 Å². The van der Waals surface area contributed by atoms with Gasteiger partial charge in [0.25, 0.3) is 0 Å². The maximum Gasteiger partial charge on any atom is 0.227 e. The van der Waals surface area contributed by atoms with E-state index in [4.69, 9.17) is 9.72 Å². The van der Waals surface area contributed by atoms with Crippen LogP contribution in [0.15, 0.2) is 30.3 Å². The number of nitrogens with zero attached hydrogens (tertiary/aromatic N) is 3. The second kappa shape index (κ2) is 6.86. The Kier molecular flexibility index (Phi) is 4.65. The Morgan fingerprint density at radius 2 is 1.83 bits per heavy atom. The molecule has 1 aliphatic rings. The monoisotopic (exact) mass is 312 g/mol. The molecule has 0 spiro atoms. The van der Waals surface area contributed by atoms with E-state index in [9.17, 15) is 0 Å². The number of rotatable bonds is 4. The van der Waals surface area contributed by atoms with Crippen molar-refractivity contribution in [2.75, 3.05) is 30.4 Å². The molecule has 0 unspecified atom stereocenters. The number of methoxy groups -OCH3 is 1. The molecule has 0 bridgehead atoms. The third-order valence-corrected chi connectivity index (χ3v) is 4.27. The van der Waals surface area contributed by atoms with Gasteiger partial charge in [0, 0.05) is 30.5 Å². The summed E-state index contributed by atoms with van der Waals surface area (Å²) < 4.78 is 5.19. The Morgan fingerprint density at radius 3 is 2.48 bits per heavy atom. The Morgan fingerprint density at radius 1 is 1.13 bits per heavy atom. The predicted octanol–water partition coefficient (Wildman–Crippen LogP) is 3.77. The molecule has 122 valence electrons. The lowest BCUT2D eigenvalue weighted by Crippen LogP contribution is -2.34. The zero-order valence-corrected chi connectivity index (χ0v) is 14.0. The van der Waals surface area contributed by atoms with Gasteiger partial charge in [-0.3, -0.25) is 0 Å². The smallest absolute Gasteiger partial charge is 0.227 e. The number of anilines is 3. The van der Waals surface area contributed by atoms with Gasteiger partial charge in [-0.25, -0.2) is 4.98 Å². The van der Waals surface area contributed by atoms with Crippen molar-refractivity contribution in [1.29, 1.82) is 0 Å². The average Bonchev–Trinajstić information content (AvgIpc) is 2.56. The van der Waals surface area contributed by atoms with Crippen LogP contribution in [-0.4, -0.2) is 30.2 Å². The van der Waals surface area contributed by atoms with Gasteiger partial charge in [-0.15, -0.1) is 0 Å². The molecule has 0 saturated carbocycles. The van der Waals surface area contributed by atoms with Crippen molar-refractivity contribution < 1.29 is 4.74 Å². The highest BCUT2D eigenvalue weighted by molar-refractivity contribution is 5.58. The van der Waals surface area contributed by atoms with Crippen LogP contribution in [0.5, 0.6) is 5.75 Å². The fourth-order valence-corrected chi connectivity index (χ4v) is 2.79. The molecule has 1 aromatic carbocycles. The molecule has 0 aliphatic carbocycles. The minimum atomic E-state index is 0.799. The predicted molar refractivity (Wildman–Crippen MR) is 93.7 cm³/mol. The lowest BCUT2D eigenvalue weighted by molar-refractivity contribution is 0.415. The molecule has 1 saturated heterocycles. The topological polar surface area (TPSA) is 50.3 Å². The van der Waals surface area contributed by atoms with E-state index in [1.165, 1.54) is 12.8 Å². The first-order chi connectivity index (χ1) is 11.1. The van der Waals surface area contributed by atoms with E-state index >= 15 is 0 Å². The molecular weight excluding hydrogens is 288 g/mol. The standard InChI is InChI=1S/C18H24N4O/c1-13-8-10-22(11-9-13)18-19-14(2)12-17(21-18)20-15-4-6-16(23-3)7-5-15/h4-7,12-13H,8-11H2,1-3H3,(H,19,20,21). The van der Waals surface area contributed by atoms with Crippen molar-refractivity contribution >= 4 is 17.5 Å². The van der Waals surface area contributed by atoms with Gasteiger partial charge < -0.3 is 15.0 Å². The number of ether oxygens (including phenoxy) is 1. The van der Waals surface area contributed by atoms with Gasteiger partial charge in [0.1, 0.15) is 11.6 Å². The molecule has 1 N–H and O–H groups in total. The van der Waals surface area contributed by atoms with Gasteiger partial charge in [-0.1, -0.05) is 6.92 Å². The number of hydrogen-bond acceptors (Lipinski definition) is 5. The van der Waals surface area contributed by atoms with Gasteiger partial charge in [-0.2, -0.15) is 4.98 Å². The lowest BCUT2D eigenvalue weighted by atomic mass is 10.00. The van der Waals surface area contributed by atoms with Crippen LogP contribution in [0.4, 0.5) is 17.5 Å². The number of hydrogen-bond donors (Lipinski definition) is 1. The van der Waals surface area contributed by atoms with Crippen LogP contribution in [0.2, 0.25) is 0 Å². The highest BCUT2D eigenvalue weighted by Gasteiger charge is 2.18. The largest absolute Gasteiger partial charge is 0.497 e. The summed E-state index contributed by atoms with van der Waals surface area (Å²) in [7, 11) is 1.67. The third kappa shape index (κ3) is 3.92. The van der Waals surface area contributed by atoms with E-state index in [0.717, 1.165) is 47.9 Å². The molecule has 2 heterocycles. The number of aromatic nitrogens is 2. The lowest BCUT2D eigenvalue weighted by Gasteiger charge is -2.30. The normalized spacial score (nSPS) is 15.5. The number of piperidine rings is 1. The molecule has 1 fully saturated rings. The van der Waals surface area contributed by atoms with Crippen molar-refractivity contribution in [3.05, 3.63) is 36.0 Å². The van der Waals surface area contributed by atoms with Crippen LogP contribution >= 0.6 is 0 Å². The number of aryl methyl sites for hydroxylation is 1. The second-order valence-corrected chi connectivity index (χ2v) is 6.22. The molecule has 23 heavy (non-hydrogen) atoms. The van der Waals surface area contributed by atoms with Crippen LogP contribution in [0.1, 0.15) is 25.5 Å². The first-order valence-electron chi connectivity index (χ1n) is 8.16. The van der Waals surface area contributed by atoms with E-state index in [1.807, 2.05) is 37.3 Å². The fourth-order valence-electron chi connectivity index (χ4n) is 2.79. The van der Waals surface area contributed by atoms with E-state index in [1.54, 1.807) is 7.11 Å². The van der Waals surface area contributed by atoms with Crippen molar-refractivity contribution in [2.24, 2.45) is 5.92 Å². The summed E-state index contributed by atoms with van der Waals surface area (Å²) in [4.78, 5) is 11.6. The van der Waals surface area contributed by atoms with Crippen molar-refractivity contribution in [3.63, 3.8) is 0 Å². The van der Waals surface area contributed by atoms with Gasteiger partial charge >= 0.3 is 0 Å². The van der Waals surface area contributed by atoms with Gasteiger partial charge in [0.05, 0.1) is 7.11 Å². The molecule has 0 radical (unpaired) electrons. The highest BCUT2D eigenvalue weighted by atomic mass is 16.5. The van der Waals surface area contributed by atoms with Crippen LogP contribution in [0.25, 0.3) is 0 Å². The molecule has 3 rings (SSSR count). The quantitative estimate of drug-likeness (QED) is 0.931. The average molecular weight is 312 g/mol. The van der Waals surface area contributed by atoms with Gasteiger partial charge in [0.2, 0.25) is 5.95 Å². The highest BCUT2D eigenvalue weighted by Crippen LogP contribution is 2.23. The molecule has 0 atom stereocenters. The fraction of sp³-hybridized carbons (Fsp3) is 0.444. The first-order valence-corrected chi connectivity index (χ1v) is 8.16. The Bertz CT molecular complexity index is 649. The van der Waals surface area contributed by atoms with Crippen LogP contribution in [0.3, 0.4) is 0 Å². The number of nitrogens with one attached hydrogen (secondary N) is 1. The summed E-state index contributed by atoms with van der Waals surface area (Å²) in [6.45, 7) is 6.39. The summed E-state index contributed by atoms with van der Waals surface area (Å²) in [6.07, 6.45) is 2.41. The number of benzene rings is 1. The minimum absolute atomic E-state index is 0.799. The zero-order chi connectivity index (χ0) is 16.2. The maximum atomic E-state index is 5.19. The molecule has 2 aromatic rings. The Balaban J connectivity index is 1.76. The summed E-state index contributed by atoms with van der Waals surface area (Å²) >= 11 is 0. The second-order valence-electron chi connectivity index (χ2n) is 6.22. The van der Waals surface area contributed by atoms with Gasteiger partial charge in [-0.05, 0) is 49.9 Å². The van der Waals surface area contributed by atoms with Crippen LogP contribution in [-0.2, 0) is 0 Å². The van der Waals surface area contributed by atoms with Crippen molar-refractivity contribution in [3.8, 4) is 5.75 Å². The molecule has 5 heteroatoms. The van der Waals surface area contributed by atoms with Crippen molar-refractivity contribution in [2.45, 2.75) is 26.7 Å². The SMILES string of the molecule is COc1ccc(Nc2cc(C)nc(N3CCC(C)CC3)n2)cc1. The zero-order valence-electron chi connectivity index (χ0n) is 14.0. The van der Waals surface area contributed by atoms with E-state index in [-0.39, 0.29) is 0 Å².